The second-order valence-electron chi connectivity index (χ2n) is 5.81. The third-order valence-corrected chi connectivity index (χ3v) is 3.06. The minimum Gasteiger partial charge on any atom is -0.390 e. The van der Waals surface area contributed by atoms with E-state index in [-0.39, 0.29) is 5.41 Å². The lowest BCUT2D eigenvalue weighted by Gasteiger charge is -2.37. The van der Waals surface area contributed by atoms with Gasteiger partial charge in [-0.15, -0.1) is 0 Å². The third-order valence-electron chi connectivity index (χ3n) is 3.06. The van der Waals surface area contributed by atoms with Gasteiger partial charge in [-0.25, -0.2) is 0 Å². The maximum absolute atomic E-state index is 10.2. The van der Waals surface area contributed by atoms with E-state index in [1.54, 1.807) is 0 Å². The van der Waals surface area contributed by atoms with Gasteiger partial charge in [0.25, 0.3) is 0 Å². The first-order valence-electron chi connectivity index (χ1n) is 5.39. The lowest BCUT2D eigenvalue weighted by atomic mass is 9.75. The van der Waals surface area contributed by atoms with Crippen LogP contribution in [0.1, 0.15) is 60.8 Å². The second-order valence-corrected chi connectivity index (χ2v) is 5.81. The van der Waals surface area contributed by atoms with Crippen molar-refractivity contribution in [2.45, 2.75) is 66.4 Å². The fraction of sp³-hybridized carbons (Fsp3) is 1.00. The maximum Gasteiger partial charge on any atom is 0.0667 e. The van der Waals surface area contributed by atoms with Gasteiger partial charge in [0.2, 0.25) is 0 Å². The highest BCUT2D eigenvalue weighted by Gasteiger charge is 2.34. The Morgan fingerprint density at radius 3 is 1.85 bits per heavy atom. The van der Waals surface area contributed by atoms with Crippen LogP contribution in [0.2, 0.25) is 0 Å². The summed E-state index contributed by atoms with van der Waals surface area (Å²) in [7, 11) is 0. The molecule has 0 spiro atoms. The van der Waals surface area contributed by atoms with Crippen LogP contribution < -0.4 is 0 Å². The monoisotopic (exact) mass is 186 g/mol. The molecule has 1 heteroatoms. The topological polar surface area (TPSA) is 20.2 Å². The zero-order valence-electron chi connectivity index (χ0n) is 10.1. The summed E-state index contributed by atoms with van der Waals surface area (Å²) in [6.07, 6.45) is 3.25. The van der Waals surface area contributed by atoms with Gasteiger partial charge in [0.15, 0.2) is 0 Å². The lowest BCUT2D eigenvalue weighted by Crippen LogP contribution is -2.39. The highest BCUT2D eigenvalue weighted by molar-refractivity contribution is 4.85. The van der Waals surface area contributed by atoms with E-state index in [2.05, 4.69) is 34.6 Å². The van der Waals surface area contributed by atoms with Crippen LogP contribution in [0.3, 0.4) is 0 Å². The molecular formula is C12H26O. The van der Waals surface area contributed by atoms with Crippen molar-refractivity contribution in [2.24, 2.45) is 11.3 Å². The Hall–Kier alpha value is -0.0400. The molecule has 1 unspecified atom stereocenters. The zero-order valence-corrected chi connectivity index (χ0v) is 10.1. The van der Waals surface area contributed by atoms with E-state index in [1.165, 1.54) is 6.42 Å². The molecule has 0 aromatic heterocycles. The minimum atomic E-state index is -0.526. The van der Waals surface area contributed by atoms with Gasteiger partial charge in [-0.05, 0) is 24.7 Å². The zero-order chi connectivity index (χ0) is 10.7. The van der Waals surface area contributed by atoms with E-state index in [4.69, 9.17) is 0 Å². The first kappa shape index (κ1) is 13.0. The molecule has 0 fully saturated rings. The van der Waals surface area contributed by atoms with Crippen LogP contribution in [0.5, 0.6) is 0 Å². The van der Waals surface area contributed by atoms with Crippen LogP contribution in [0, 0.1) is 11.3 Å². The Bertz CT molecular complexity index is 140. The normalized spacial score (nSPS) is 17.5. The summed E-state index contributed by atoms with van der Waals surface area (Å²) in [5.41, 5.74) is -0.536. The molecule has 0 aliphatic rings. The molecule has 0 aromatic carbocycles. The molecule has 0 radical (unpaired) electrons. The summed E-state index contributed by atoms with van der Waals surface area (Å²) in [4.78, 5) is 0. The number of rotatable bonds is 4. The van der Waals surface area contributed by atoms with E-state index < -0.39 is 5.60 Å². The SMILES string of the molecule is CC(C)CCCC(C)(O)C(C)(C)C. The van der Waals surface area contributed by atoms with E-state index in [9.17, 15) is 5.11 Å². The van der Waals surface area contributed by atoms with Crippen LogP contribution in [0.15, 0.2) is 0 Å². The lowest BCUT2D eigenvalue weighted by molar-refractivity contribution is -0.0500. The van der Waals surface area contributed by atoms with E-state index in [0.717, 1.165) is 18.8 Å². The van der Waals surface area contributed by atoms with Gasteiger partial charge < -0.3 is 5.11 Å². The van der Waals surface area contributed by atoms with Crippen molar-refractivity contribution in [3.63, 3.8) is 0 Å². The molecule has 13 heavy (non-hydrogen) atoms. The van der Waals surface area contributed by atoms with Crippen LogP contribution >= 0.6 is 0 Å². The van der Waals surface area contributed by atoms with Crippen molar-refractivity contribution in [3.05, 3.63) is 0 Å². The van der Waals surface area contributed by atoms with Crippen LogP contribution in [0.25, 0.3) is 0 Å². The highest BCUT2D eigenvalue weighted by atomic mass is 16.3. The molecule has 1 N–H and O–H groups in total. The van der Waals surface area contributed by atoms with Crippen LogP contribution in [-0.2, 0) is 0 Å². The number of aliphatic hydroxyl groups is 1. The van der Waals surface area contributed by atoms with Crippen LogP contribution in [0.4, 0.5) is 0 Å². The molecule has 0 saturated heterocycles. The van der Waals surface area contributed by atoms with Gasteiger partial charge in [0.05, 0.1) is 5.60 Å². The molecule has 0 bridgehead atoms. The van der Waals surface area contributed by atoms with Crippen molar-refractivity contribution in [1.82, 2.24) is 0 Å². The Morgan fingerprint density at radius 1 is 1.08 bits per heavy atom. The van der Waals surface area contributed by atoms with Crippen molar-refractivity contribution >= 4 is 0 Å². The molecule has 0 aromatic rings. The first-order chi connectivity index (χ1) is 5.67. The summed E-state index contributed by atoms with van der Waals surface area (Å²) >= 11 is 0. The fourth-order valence-electron chi connectivity index (χ4n) is 1.23. The van der Waals surface area contributed by atoms with Gasteiger partial charge in [0.1, 0.15) is 0 Å². The van der Waals surface area contributed by atoms with Crippen molar-refractivity contribution in [1.29, 1.82) is 0 Å². The van der Waals surface area contributed by atoms with Crippen LogP contribution in [-0.4, -0.2) is 10.7 Å². The number of hydrogen-bond acceptors (Lipinski definition) is 1. The molecule has 0 rings (SSSR count). The maximum atomic E-state index is 10.2. The largest absolute Gasteiger partial charge is 0.390 e. The minimum absolute atomic E-state index is 0.00994. The predicted molar refractivity (Wildman–Crippen MR) is 58.8 cm³/mol. The van der Waals surface area contributed by atoms with Crippen molar-refractivity contribution in [3.8, 4) is 0 Å². The van der Waals surface area contributed by atoms with E-state index >= 15 is 0 Å². The average Bonchev–Trinajstić information content (AvgIpc) is 1.82. The van der Waals surface area contributed by atoms with Gasteiger partial charge in [0, 0.05) is 0 Å². The van der Waals surface area contributed by atoms with E-state index in [0.29, 0.717) is 0 Å². The molecular weight excluding hydrogens is 160 g/mol. The van der Waals surface area contributed by atoms with E-state index in [1.807, 2.05) is 6.92 Å². The summed E-state index contributed by atoms with van der Waals surface area (Å²) in [5.74, 6) is 0.746. The first-order valence-corrected chi connectivity index (χ1v) is 5.39. The molecule has 0 amide bonds. The summed E-state index contributed by atoms with van der Waals surface area (Å²) < 4.78 is 0. The highest BCUT2D eigenvalue weighted by Crippen LogP contribution is 2.34. The second kappa shape index (κ2) is 4.45. The summed E-state index contributed by atoms with van der Waals surface area (Å²) in [6, 6.07) is 0. The quantitative estimate of drug-likeness (QED) is 0.711. The number of hydrogen-bond donors (Lipinski definition) is 1. The molecule has 0 saturated carbocycles. The Labute approximate surface area is 83.5 Å². The Kier molecular flexibility index (Phi) is 4.44. The smallest absolute Gasteiger partial charge is 0.0667 e. The van der Waals surface area contributed by atoms with Crippen molar-refractivity contribution < 1.29 is 5.11 Å². The summed E-state index contributed by atoms with van der Waals surface area (Å²) in [5, 5.41) is 10.2. The standard InChI is InChI=1S/C12H26O/c1-10(2)8-7-9-12(6,13)11(3,4)5/h10,13H,7-9H2,1-6H3. The molecule has 0 aliphatic heterocycles. The molecule has 1 nitrogen and oxygen atoms in total. The molecule has 1 atom stereocenters. The molecule has 80 valence electrons. The van der Waals surface area contributed by atoms with Gasteiger partial charge in [-0.3, -0.25) is 0 Å². The Morgan fingerprint density at radius 2 is 1.54 bits per heavy atom. The molecule has 0 aliphatic carbocycles. The van der Waals surface area contributed by atoms with Crippen molar-refractivity contribution in [2.75, 3.05) is 0 Å². The van der Waals surface area contributed by atoms with Gasteiger partial charge >= 0.3 is 0 Å². The summed E-state index contributed by atoms with van der Waals surface area (Å²) in [6.45, 7) is 12.7. The fourth-order valence-corrected chi connectivity index (χ4v) is 1.23. The average molecular weight is 186 g/mol. The third kappa shape index (κ3) is 4.66. The Balaban J connectivity index is 3.90. The van der Waals surface area contributed by atoms with Gasteiger partial charge in [-0.1, -0.05) is 47.5 Å². The predicted octanol–water partition coefficient (Wildman–Crippen LogP) is 3.61. The molecule has 0 heterocycles. The van der Waals surface area contributed by atoms with Gasteiger partial charge in [-0.2, -0.15) is 0 Å².